The maximum atomic E-state index is 10.6. The monoisotopic (exact) mass is 397 g/mol. The van der Waals surface area contributed by atoms with Gasteiger partial charge in [-0.1, -0.05) is 18.2 Å². The first-order valence-electron chi connectivity index (χ1n) is 8.83. The van der Waals surface area contributed by atoms with Gasteiger partial charge in [0, 0.05) is 29.0 Å². The van der Waals surface area contributed by atoms with Crippen LogP contribution in [0, 0.1) is 5.92 Å². The predicted molar refractivity (Wildman–Crippen MR) is 95.9 cm³/mol. The van der Waals surface area contributed by atoms with E-state index < -0.39 is 14.4 Å². The van der Waals surface area contributed by atoms with E-state index in [1.807, 2.05) is 12.1 Å². The van der Waals surface area contributed by atoms with E-state index in [2.05, 4.69) is 28.8 Å². The molecule has 2 unspecified atom stereocenters. The molecular weight excluding hydrogens is 373 g/mol. The molecule has 27 heavy (non-hydrogen) atoms. The van der Waals surface area contributed by atoms with Crippen molar-refractivity contribution in [3.63, 3.8) is 0 Å². The second kappa shape index (κ2) is 6.81. The molecule has 8 nitrogen and oxygen atoms in total. The molecule has 0 radical (unpaired) electrons. The number of nitrogens with zero attached hydrogens (tertiary/aromatic N) is 1. The number of piperidine rings is 1. The van der Waals surface area contributed by atoms with Gasteiger partial charge < -0.3 is 24.4 Å². The van der Waals surface area contributed by atoms with Crippen LogP contribution in [0.15, 0.2) is 24.3 Å². The molecule has 2 aliphatic carbocycles. The molecular formula is C18H24NO7P. The van der Waals surface area contributed by atoms with Gasteiger partial charge in [0.15, 0.2) is 11.5 Å². The minimum Gasteiger partial charge on any atom is -0.565 e. The Morgan fingerprint density at radius 2 is 2.19 bits per heavy atom. The lowest BCUT2D eigenvalue weighted by atomic mass is 9.53. The highest BCUT2D eigenvalue weighted by atomic mass is 31.1. The number of benzene rings is 1. The molecule has 1 spiro atoms. The topological polar surface area (TPSA) is 112 Å². The summed E-state index contributed by atoms with van der Waals surface area (Å²) in [6.07, 6.45) is 5.54. The predicted octanol–water partition coefficient (Wildman–Crippen LogP) is 1.24. The van der Waals surface area contributed by atoms with Gasteiger partial charge >= 0.3 is 8.25 Å². The average Bonchev–Trinajstić information content (AvgIpc) is 3.02. The Labute approximate surface area is 159 Å². The molecule has 0 aromatic heterocycles. The SMILES string of the molecule is COc1ccc2c3c1O[C@H]1[C@@H](O)C=C[C@H]4C(C2)N(C)CC[C@@]341.O=[P+]([O-])OO.[HH]. The zero-order valence-corrected chi connectivity index (χ0v) is 16.0. The maximum absolute atomic E-state index is 10.6. The molecule has 2 aliphatic heterocycles. The first-order chi connectivity index (χ1) is 12.9. The summed E-state index contributed by atoms with van der Waals surface area (Å²) in [5.74, 6) is 2.09. The van der Waals surface area contributed by atoms with Crippen molar-refractivity contribution in [2.75, 3.05) is 20.7 Å². The van der Waals surface area contributed by atoms with Gasteiger partial charge in [-0.3, -0.25) is 0 Å². The maximum Gasteiger partial charge on any atom is 0.521 e. The molecule has 4 aliphatic rings. The molecule has 1 aromatic rings. The highest BCUT2D eigenvalue weighted by molar-refractivity contribution is 7.30. The highest BCUT2D eigenvalue weighted by Crippen LogP contribution is 2.62. The number of likely N-dealkylation sites (N-methyl/N-ethyl adjacent to an activating group) is 1. The molecule has 6 atom stereocenters. The third kappa shape index (κ3) is 2.63. The van der Waals surface area contributed by atoms with Crippen LogP contribution in [0.3, 0.4) is 0 Å². The second-order valence-electron chi connectivity index (χ2n) is 7.42. The summed E-state index contributed by atoms with van der Waals surface area (Å²) in [6.45, 7) is 1.05. The van der Waals surface area contributed by atoms with Crippen LogP contribution in [0.25, 0.3) is 0 Å². The quantitative estimate of drug-likeness (QED) is 0.332. The van der Waals surface area contributed by atoms with Gasteiger partial charge in [0.25, 0.3) is 0 Å². The van der Waals surface area contributed by atoms with Crippen molar-refractivity contribution >= 4 is 8.25 Å². The first kappa shape index (κ1) is 18.8. The molecule has 2 bridgehead atoms. The number of likely N-dealkylation sites (tertiary alicyclic amines) is 1. The van der Waals surface area contributed by atoms with E-state index >= 15 is 0 Å². The van der Waals surface area contributed by atoms with Crippen LogP contribution >= 0.6 is 8.25 Å². The number of hydrogen-bond donors (Lipinski definition) is 2. The molecule has 1 aromatic carbocycles. The fourth-order valence-electron chi connectivity index (χ4n) is 5.39. The van der Waals surface area contributed by atoms with Crippen LogP contribution in [-0.2, 0) is 21.1 Å². The second-order valence-corrected chi connectivity index (χ2v) is 8.03. The van der Waals surface area contributed by atoms with E-state index in [-0.39, 0.29) is 12.9 Å². The van der Waals surface area contributed by atoms with Crippen molar-refractivity contribution in [2.24, 2.45) is 5.92 Å². The lowest BCUT2D eigenvalue weighted by molar-refractivity contribution is -0.244. The van der Waals surface area contributed by atoms with Crippen molar-refractivity contribution < 1.29 is 35.4 Å². The van der Waals surface area contributed by atoms with Crippen LogP contribution in [-0.4, -0.2) is 54.2 Å². The van der Waals surface area contributed by atoms with Gasteiger partial charge in [-0.25, -0.2) is 5.26 Å². The van der Waals surface area contributed by atoms with E-state index in [0.717, 1.165) is 30.9 Å². The van der Waals surface area contributed by atoms with Crippen LogP contribution in [0.2, 0.25) is 0 Å². The molecule has 0 amide bonds. The minimum absolute atomic E-state index is 0. The highest BCUT2D eigenvalue weighted by Gasteiger charge is 2.64. The van der Waals surface area contributed by atoms with Crippen molar-refractivity contribution in [3.05, 3.63) is 35.4 Å². The third-order valence-corrected chi connectivity index (χ3v) is 6.55. The number of aliphatic hydroxyl groups is 1. The summed E-state index contributed by atoms with van der Waals surface area (Å²) in [5, 5.41) is 17.6. The largest absolute Gasteiger partial charge is 0.565 e. The molecule has 9 heteroatoms. The Bertz CT molecular complexity index is 806. The van der Waals surface area contributed by atoms with Crippen LogP contribution < -0.4 is 14.4 Å². The summed E-state index contributed by atoms with van der Waals surface area (Å²) >= 11 is 0. The Morgan fingerprint density at radius 1 is 1.44 bits per heavy atom. The van der Waals surface area contributed by atoms with Crippen molar-refractivity contribution in [1.29, 1.82) is 0 Å². The first-order valence-corrected chi connectivity index (χ1v) is 9.93. The molecule has 0 saturated carbocycles. The van der Waals surface area contributed by atoms with Crippen molar-refractivity contribution in [1.82, 2.24) is 4.90 Å². The third-order valence-electron chi connectivity index (χ3n) is 6.42. The van der Waals surface area contributed by atoms with E-state index in [0.29, 0.717) is 12.0 Å². The lowest BCUT2D eigenvalue weighted by Crippen LogP contribution is -2.64. The Hall–Kier alpha value is -1.54. The summed E-state index contributed by atoms with van der Waals surface area (Å²) in [4.78, 5) is 11.4. The molecule has 2 N–H and O–H groups in total. The molecule has 2 heterocycles. The van der Waals surface area contributed by atoms with E-state index in [9.17, 15) is 5.11 Å². The lowest BCUT2D eigenvalue weighted by Gasteiger charge is -2.56. The summed E-state index contributed by atoms with van der Waals surface area (Å²) in [7, 11) is 0.864. The van der Waals surface area contributed by atoms with Gasteiger partial charge in [-0.15, -0.1) is 0 Å². The molecule has 5 rings (SSSR count). The van der Waals surface area contributed by atoms with Crippen molar-refractivity contribution in [2.45, 2.75) is 36.5 Å². The fraction of sp³-hybridized carbons (Fsp3) is 0.556. The number of aliphatic hydroxyl groups excluding tert-OH is 1. The van der Waals surface area contributed by atoms with Crippen LogP contribution in [0.5, 0.6) is 11.5 Å². The summed E-state index contributed by atoms with van der Waals surface area (Å²) < 4.78 is 23.5. The Balaban J connectivity index is 0.000000338. The standard InChI is InChI=1S/C18H21NO3.HO4P.H2/c1-19-8-7-18-11-4-5-13(20)17(18)22-16-14(21-2)6-3-10(15(16)18)9-12(11)19;1-4-5(2)3;/h3-6,11-13,17,20H,7-9H2,1-2H3;1H;1H/t11-,12?,13-,17-,18-;;/m0../s1. The number of ether oxygens (including phenoxy) is 2. The summed E-state index contributed by atoms with van der Waals surface area (Å²) in [6, 6.07) is 4.70. The van der Waals surface area contributed by atoms with Gasteiger partial charge in [-0.2, -0.15) is 0 Å². The van der Waals surface area contributed by atoms with Crippen molar-refractivity contribution in [3.8, 4) is 11.5 Å². The van der Waals surface area contributed by atoms with Gasteiger partial charge in [0.05, 0.1) is 7.11 Å². The number of hydrogen-bond acceptors (Lipinski definition) is 8. The van der Waals surface area contributed by atoms with E-state index in [1.165, 1.54) is 11.1 Å². The Morgan fingerprint density at radius 3 is 2.85 bits per heavy atom. The number of methoxy groups -OCH3 is 1. The summed E-state index contributed by atoms with van der Waals surface area (Å²) in [5.41, 5.74) is 2.60. The molecule has 1 saturated heterocycles. The normalized spacial score (nSPS) is 35.5. The zero-order chi connectivity index (χ0) is 19.3. The minimum atomic E-state index is -3.04. The average molecular weight is 397 g/mol. The van der Waals surface area contributed by atoms with E-state index in [4.69, 9.17) is 24.2 Å². The Kier molecular flexibility index (Phi) is 4.74. The van der Waals surface area contributed by atoms with Gasteiger partial charge in [0.2, 0.25) is 0 Å². The molecule has 1 fully saturated rings. The zero-order valence-electron chi connectivity index (χ0n) is 15.1. The van der Waals surface area contributed by atoms with E-state index in [1.54, 1.807) is 7.11 Å². The number of rotatable bonds is 2. The van der Waals surface area contributed by atoms with Gasteiger partial charge in [-0.05, 0) is 42.6 Å². The van der Waals surface area contributed by atoms with Crippen LogP contribution in [0.4, 0.5) is 0 Å². The van der Waals surface area contributed by atoms with Gasteiger partial charge in [0.1, 0.15) is 12.2 Å². The smallest absolute Gasteiger partial charge is 0.521 e. The fourth-order valence-corrected chi connectivity index (χ4v) is 5.39. The molecule has 148 valence electrons. The van der Waals surface area contributed by atoms with Crippen LogP contribution in [0.1, 0.15) is 19.0 Å².